The average molecular weight is 770 g/mol. The summed E-state index contributed by atoms with van der Waals surface area (Å²) < 4.78 is 141. The van der Waals surface area contributed by atoms with Crippen molar-refractivity contribution in [2.45, 2.75) is 50.8 Å². The van der Waals surface area contributed by atoms with E-state index in [9.17, 15) is 44.7 Å². The molecule has 286 valence electrons. The van der Waals surface area contributed by atoms with Crippen LogP contribution in [0.4, 0.5) is 50.3 Å². The fourth-order valence-corrected chi connectivity index (χ4v) is 6.22. The van der Waals surface area contributed by atoms with Crippen molar-refractivity contribution in [3.05, 3.63) is 88.3 Å². The standard InChI is InChI=1S/C35H28F9N5O5/c1-16-5-26(30(50)53-4)45-11-23(16)21-9-22(28(52-3)10-25(21)36)24-12-46-31(48-14-33(37,38)15-48)47-27(24)13-49-17(2)29(54-32(49)51)18-6-19(34(39,40)41)8-20(7-18)35(42,43)44/h5-12,17,29H,13-15H2,1-4H3/t17-,29-/m0/s1. The zero-order valence-electron chi connectivity index (χ0n) is 28.6. The van der Waals surface area contributed by atoms with Crippen molar-refractivity contribution in [3.63, 3.8) is 0 Å². The maximum atomic E-state index is 15.6. The third kappa shape index (κ3) is 7.30. The number of hydrogen-bond donors (Lipinski definition) is 0. The highest BCUT2D eigenvalue weighted by molar-refractivity contribution is 5.88. The number of halogens is 9. The number of hydrogen-bond acceptors (Lipinski definition) is 9. The Bertz CT molecular complexity index is 2100. The van der Waals surface area contributed by atoms with Gasteiger partial charge in [-0.15, -0.1) is 0 Å². The Labute approximate surface area is 300 Å². The molecular weight excluding hydrogens is 741 g/mol. The number of aromatic nitrogens is 3. The van der Waals surface area contributed by atoms with Gasteiger partial charge >= 0.3 is 24.4 Å². The van der Waals surface area contributed by atoms with Gasteiger partial charge in [0.2, 0.25) is 5.95 Å². The van der Waals surface area contributed by atoms with Gasteiger partial charge in [0.25, 0.3) is 5.92 Å². The molecule has 2 saturated heterocycles. The smallest absolute Gasteiger partial charge is 0.416 e. The highest BCUT2D eigenvalue weighted by Crippen LogP contribution is 2.43. The first kappa shape index (κ1) is 38.1. The lowest BCUT2D eigenvalue weighted by molar-refractivity contribution is -0.143. The molecule has 0 saturated carbocycles. The number of amides is 1. The molecule has 2 aliphatic heterocycles. The van der Waals surface area contributed by atoms with Crippen LogP contribution < -0.4 is 9.64 Å². The number of nitrogens with zero attached hydrogens (tertiary/aromatic N) is 5. The van der Waals surface area contributed by atoms with Crippen LogP contribution in [0.15, 0.2) is 48.8 Å². The third-order valence-corrected chi connectivity index (χ3v) is 9.01. The van der Waals surface area contributed by atoms with Crippen LogP contribution in [-0.4, -0.2) is 71.2 Å². The van der Waals surface area contributed by atoms with Gasteiger partial charge in [-0.2, -0.15) is 26.3 Å². The first-order valence-electron chi connectivity index (χ1n) is 15.9. The van der Waals surface area contributed by atoms with Crippen molar-refractivity contribution in [1.29, 1.82) is 0 Å². The number of pyridine rings is 1. The van der Waals surface area contributed by atoms with Crippen molar-refractivity contribution in [3.8, 4) is 28.0 Å². The van der Waals surface area contributed by atoms with Crippen molar-refractivity contribution >= 4 is 18.0 Å². The molecular formula is C35H28F9N5O5. The number of alkyl halides is 8. The van der Waals surface area contributed by atoms with E-state index in [-0.39, 0.29) is 51.4 Å². The van der Waals surface area contributed by atoms with Crippen molar-refractivity contribution in [2.24, 2.45) is 0 Å². The molecule has 2 aromatic heterocycles. The molecule has 4 heterocycles. The summed E-state index contributed by atoms with van der Waals surface area (Å²) in [4.78, 5) is 40.2. The zero-order chi connectivity index (χ0) is 39.5. The first-order chi connectivity index (χ1) is 25.2. The molecule has 19 heteroatoms. The number of rotatable bonds is 8. The monoisotopic (exact) mass is 769 g/mol. The number of anilines is 1. The van der Waals surface area contributed by atoms with E-state index in [1.807, 2.05) is 0 Å². The fraction of sp³-hybridized carbons (Fsp3) is 0.343. The van der Waals surface area contributed by atoms with Gasteiger partial charge in [0.15, 0.2) is 0 Å². The minimum absolute atomic E-state index is 0.0244. The van der Waals surface area contributed by atoms with Gasteiger partial charge in [0.1, 0.15) is 23.4 Å². The summed E-state index contributed by atoms with van der Waals surface area (Å²) in [5.74, 6) is -4.77. The minimum atomic E-state index is -5.16. The van der Waals surface area contributed by atoms with E-state index in [0.717, 1.165) is 15.9 Å². The SMILES string of the molecule is COC(=O)c1cc(C)c(-c2cc(-c3cnc(N4CC(F)(F)C4)nc3CN3C(=O)O[C@H](c4cc(C(F)(F)F)cc(C(F)(F)F)c4)[C@@H]3C)c(OC)cc2F)cn1. The predicted octanol–water partition coefficient (Wildman–Crippen LogP) is 8.02. The fourth-order valence-electron chi connectivity index (χ4n) is 6.22. The van der Waals surface area contributed by atoms with Crippen LogP contribution in [0.2, 0.25) is 0 Å². The first-order valence-corrected chi connectivity index (χ1v) is 15.9. The Hall–Kier alpha value is -5.62. The van der Waals surface area contributed by atoms with Gasteiger partial charge in [-0.1, -0.05) is 0 Å². The normalized spacial score (nSPS) is 18.4. The summed E-state index contributed by atoms with van der Waals surface area (Å²) in [6.07, 6.45) is -10.6. The second kappa shape index (κ2) is 13.7. The van der Waals surface area contributed by atoms with Gasteiger partial charge in [0.05, 0.1) is 56.7 Å². The number of esters is 1. The quantitative estimate of drug-likeness (QED) is 0.130. The summed E-state index contributed by atoms with van der Waals surface area (Å²) >= 11 is 0. The molecule has 2 atom stereocenters. The number of ether oxygens (including phenoxy) is 3. The number of methoxy groups -OCH3 is 2. The van der Waals surface area contributed by atoms with E-state index in [0.29, 0.717) is 17.7 Å². The molecule has 0 unspecified atom stereocenters. The van der Waals surface area contributed by atoms with Crippen molar-refractivity contribution in [2.75, 3.05) is 32.2 Å². The van der Waals surface area contributed by atoms with E-state index in [2.05, 4.69) is 15.0 Å². The summed E-state index contributed by atoms with van der Waals surface area (Å²) in [6, 6.07) is 3.47. The van der Waals surface area contributed by atoms with Gasteiger partial charge < -0.3 is 19.1 Å². The number of cyclic esters (lactones) is 1. The number of carbonyl (C=O) groups is 2. The van der Waals surface area contributed by atoms with Gasteiger partial charge in [-0.3, -0.25) is 4.90 Å². The molecule has 0 aliphatic carbocycles. The summed E-state index contributed by atoms with van der Waals surface area (Å²) in [7, 11) is 2.40. The molecule has 0 N–H and O–H groups in total. The van der Waals surface area contributed by atoms with Crippen LogP contribution in [0.25, 0.3) is 22.3 Å². The van der Waals surface area contributed by atoms with E-state index in [1.54, 1.807) is 6.92 Å². The minimum Gasteiger partial charge on any atom is -0.496 e. The summed E-state index contributed by atoms with van der Waals surface area (Å²) in [6.45, 7) is 0.958. The maximum absolute atomic E-state index is 15.6. The Kier molecular flexibility index (Phi) is 9.64. The van der Waals surface area contributed by atoms with Crippen LogP contribution in [0.5, 0.6) is 5.75 Å². The van der Waals surface area contributed by atoms with E-state index in [4.69, 9.17) is 14.2 Å². The Balaban J connectivity index is 1.43. The largest absolute Gasteiger partial charge is 0.496 e. The molecule has 0 spiro atoms. The van der Waals surface area contributed by atoms with Crippen LogP contribution in [0.1, 0.15) is 51.5 Å². The van der Waals surface area contributed by atoms with Crippen molar-refractivity contribution in [1.82, 2.24) is 19.9 Å². The van der Waals surface area contributed by atoms with Crippen LogP contribution >= 0.6 is 0 Å². The van der Waals surface area contributed by atoms with Crippen LogP contribution in [0.3, 0.4) is 0 Å². The Morgan fingerprint density at radius 2 is 1.54 bits per heavy atom. The lowest BCUT2D eigenvalue weighted by atomic mass is 9.95. The second-order valence-electron chi connectivity index (χ2n) is 12.7. The third-order valence-electron chi connectivity index (χ3n) is 9.01. The topological polar surface area (TPSA) is 107 Å². The highest BCUT2D eigenvalue weighted by atomic mass is 19.4. The molecule has 54 heavy (non-hydrogen) atoms. The summed E-state index contributed by atoms with van der Waals surface area (Å²) in [5, 5.41) is 0. The van der Waals surface area contributed by atoms with Gasteiger partial charge in [0, 0.05) is 40.7 Å². The molecule has 2 fully saturated rings. The Morgan fingerprint density at radius 3 is 2.09 bits per heavy atom. The molecule has 6 rings (SSSR count). The molecule has 10 nitrogen and oxygen atoms in total. The predicted molar refractivity (Wildman–Crippen MR) is 171 cm³/mol. The molecule has 1 amide bonds. The van der Waals surface area contributed by atoms with Gasteiger partial charge in [-0.25, -0.2) is 37.7 Å². The maximum Gasteiger partial charge on any atom is 0.416 e. The molecule has 4 aromatic rings. The lowest BCUT2D eigenvalue weighted by Gasteiger charge is -2.38. The average Bonchev–Trinajstić information content (AvgIpc) is 3.37. The van der Waals surface area contributed by atoms with E-state index < -0.39 is 84.6 Å². The second-order valence-corrected chi connectivity index (χ2v) is 12.7. The van der Waals surface area contributed by atoms with Gasteiger partial charge in [-0.05, 0) is 55.3 Å². The number of aryl methyl sites for hydroxylation is 1. The van der Waals surface area contributed by atoms with Crippen LogP contribution in [0, 0.1) is 12.7 Å². The molecule has 0 bridgehead atoms. The zero-order valence-corrected chi connectivity index (χ0v) is 28.6. The van der Waals surface area contributed by atoms with Crippen LogP contribution in [-0.2, 0) is 28.4 Å². The summed E-state index contributed by atoms with van der Waals surface area (Å²) in [5.41, 5.74) is -2.96. The number of benzene rings is 2. The lowest BCUT2D eigenvalue weighted by Crippen LogP contribution is -2.57. The molecule has 0 radical (unpaired) electrons. The van der Waals surface area contributed by atoms with Crippen molar-refractivity contribution < 1.29 is 63.3 Å². The number of carbonyl (C=O) groups excluding carboxylic acids is 2. The van der Waals surface area contributed by atoms with E-state index in [1.165, 1.54) is 45.7 Å². The molecule has 2 aromatic carbocycles. The molecule has 2 aliphatic rings. The Morgan fingerprint density at radius 1 is 0.907 bits per heavy atom. The highest BCUT2D eigenvalue weighted by Gasteiger charge is 2.46. The van der Waals surface area contributed by atoms with E-state index >= 15 is 4.39 Å².